The summed E-state index contributed by atoms with van der Waals surface area (Å²) in [6, 6.07) is 7.02. The number of fused-ring (bicyclic) bond motifs is 3. The van der Waals surface area contributed by atoms with Crippen molar-refractivity contribution in [3.8, 4) is 5.69 Å². The molecule has 132 valence electrons. The number of halogens is 4. The van der Waals surface area contributed by atoms with Gasteiger partial charge >= 0.3 is 0 Å². The number of aliphatic imine (C=N–C) groups is 1. The van der Waals surface area contributed by atoms with Gasteiger partial charge in [-0.1, -0.05) is 17.7 Å². The average molecular weight is 440 g/mol. The second kappa shape index (κ2) is 6.53. The van der Waals surface area contributed by atoms with E-state index in [-0.39, 0.29) is 35.3 Å². The van der Waals surface area contributed by atoms with Crippen molar-refractivity contribution in [1.29, 1.82) is 0 Å². The molecule has 0 saturated heterocycles. The molecule has 0 aliphatic carbocycles. The van der Waals surface area contributed by atoms with Crippen LogP contribution in [0.25, 0.3) is 5.69 Å². The summed E-state index contributed by atoms with van der Waals surface area (Å²) in [5, 5.41) is 17.8. The molecule has 0 radical (unpaired) electrons. The number of hydrogen-bond acceptors (Lipinski definition) is 4. The van der Waals surface area contributed by atoms with Crippen LogP contribution in [0.3, 0.4) is 0 Å². The van der Waals surface area contributed by atoms with Gasteiger partial charge in [0, 0.05) is 10.0 Å². The van der Waals surface area contributed by atoms with Crippen LogP contribution in [-0.2, 0) is 13.2 Å². The van der Waals surface area contributed by atoms with Crippen molar-refractivity contribution >= 4 is 33.2 Å². The van der Waals surface area contributed by atoms with E-state index in [1.165, 1.54) is 6.07 Å². The zero-order valence-corrected chi connectivity index (χ0v) is 15.4. The molecule has 2 aromatic carbocycles. The Morgan fingerprint density at radius 2 is 1.85 bits per heavy atom. The molecule has 26 heavy (non-hydrogen) atoms. The van der Waals surface area contributed by atoms with Crippen molar-refractivity contribution in [3.05, 3.63) is 74.2 Å². The molecule has 0 fully saturated rings. The Bertz CT molecular complexity index is 1050. The number of nitrogens with zero attached hydrogens (tertiary/aromatic N) is 4. The van der Waals surface area contributed by atoms with Crippen LogP contribution in [0.5, 0.6) is 0 Å². The zero-order valence-electron chi connectivity index (χ0n) is 13.0. The van der Waals surface area contributed by atoms with E-state index in [4.69, 9.17) is 11.6 Å². The molecule has 0 bridgehead atoms. The first kappa shape index (κ1) is 17.3. The SMILES string of the molecule is OCc1nnc2n1-c1ccc(Br)c(Cl)c1C(c1c(F)cccc1F)=NC2. The van der Waals surface area contributed by atoms with Crippen LogP contribution in [0.15, 0.2) is 39.8 Å². The molecule has 0 spiro atoms. The molecule has 9 heteroatoms. The molecular formula is C17H10BrClF2N4O. The molecule has 0 unspecified atom stereocenters. The van der Waals surface area contributed by atoms with Crippen LogP contribution in [0.4, 0.5) is 8.78 Å². The first-order valence-electron chi connectivity index (χ1n) is 7.54. The van der Waals surface area contributed by atoms with Crippen LogP contribution >= 0.6 is 27.5 Å². The lowest BCUT2D eigenvalue weighted by molar-refractivity contribution is 0.268. The van der Waals surface area contributed by atoms with Crippen LogP contribution in [0.2, 0.25) is 5.02 Å². The third kappa shape index (κ3) is 2.56. The van der Waals surface area contributed by atoms with Crippen LogP contribution in [0, 0.1) is 11.6 Å². The summed E-state index contributed by atoms with van der Waals surface area (Å²) in [6.45, 7) is -0.331. The number of hydrogen-bond donors (Lipinski definition) is 1. The van der Waals surface area contributed by atoms with Crippen LogP contribution in [-0.4, -0.2) is 25.6 Å². The molecule has 1 N–H and O–H groups in total. The Morgan fingerprint density at radius 3 is 2.54 bits per heavy atom. The van der Waals surface area contributed by atoms with Gasteiger partial charge in [0.05, 0.1) is 22.0 Å². The van der Waals surface area contributed by atoms with Gasteiger partial charge in [-0.15, -0.1) is 10.2 Å². The Labute approximate surface area is 160 Å². The van der Waals surface area contributed by atoms with Crippen molar-refractivity contribution in [1.82, 2.24) is 14.8 Å². The molecule has 0 saturated carbocycles. The lowest BCUT2D eigenvalue weighted by Crippen LogP contribution is -2.13. The normalized spacial score (nSPS) is 13.0. The molecule has 1 aliphatic rings. The molecule has 1 aromatic heterocycles. The fourth-order valence-electron chi connectivity index (χ4n) is 2.95. The number of aromatic nitrogens is 3. The van der Waals surface area contributed by atoms with Gasteiger partial charge < -0.3 is 5.11 Å². The minimum Gasteiger partial charge on any atom is -0.388 e. The minimum atomic E-state index is -0.745. The van der Waals surface area contributed by atoms with Crippen molar-refractivity contribution in [2.45, 2.75) is 13.2 Å². The van der Waals surface area contributed by atoms with E-state index < -0.39 is 11.6 Å². The van der Waals surface area contributed by atoms with Gasteiger partial charge in [0.1, 0.15) is 24.8 Å². The van der Waals surface area contributed by atoms with E-state index in [0.717, 1.165) is 12.1 Å². The van der Waals surface area contributed by atoms with Gasteiger partial charge in [-0.05, 0) is 40.2 Å². The maximum Gasteiger partial charge on any atom is 0.163 e. The van der Waals surface area contributed by atoms with E-state index in [0.29, 0.717) is 21.5 Å². The van der Waals surface area contributed by atoms with Gasteiger partial charge in [0.2, 0.25) is 0 Å². The third-order valence-electron chi connectivity index (χ3n) is 4.07. The maximum atomic E-state index is 14.4. The van der Waals surface area contributed by atoms with Crippen molar-refractivity contribution in [2.75, 3.05) is 0 Å². The highest BCUT2D eigenvalue weighted by molar-refractivity contribution is 9.10. The number of aliphatic hydroxyl groups is 1. The first-order chi connectivity index (χ1) is 12.5. The van der Waals surface area contributed by atoms with E-state index in [1.807, 2.05) is 0 Å². The average Bonchev–Trinajstić information content (AvgIpc) is 2.96. The molecule has 4 rings (SSSR count). The van der Waals surface area contributed by atoms with Crippen molar-refractivity contribution < 1.29 is 13.9 Å². The summed E-state index contributed by atoms with van der Waals surface area (Å²) in [5.41, 5.74) is 0.633. The van der Waals surface area contributed by atoms with Crippen molar-refractivity contribution in [3.63, 3.8) is 0 Å². The first-order valence-corrected chi connectivity index (χ1v) is 8.71. The summed E-state index contributed by atoms with van der Waals surface area (Å²) in [5.74, 6) is -0.776. The molecule has 3 aromatic rings. The fourth-order valence-corrected chi connectivity index (χ4v) is 3.53. The Hall–Kier alpha value is -2.16. The second-order valence-corrected chi connectivity index (χ2v) is 6.78. The standard InChI is InChI=1S/C17H10BrClF2N4O/c18-8-4-5-11-15(16(8)19)17(14-9(20)2-1-3-10(14)21)22-6-12-23-24-13(7-26)25(11)12/h1-5,26H,6-7H2. The number of aliphatic hydroxyl groups excluding tert-OH is 1. The minimum absolute atomic E-state index is 0.0265. The highest BCUT2D eigenvalue weighted by Crippen LogP contribution is 2.36. The second-order valence-electron chi connectivity index (χ2n) is 5.54. The lowest BCUT2D eigenvalue weighted by atomic mass is 9.99. The summed E-state index contributed by atoms with van der Waals surface area (Å²) >= 11 is 9.81. The molecular weight excluding hydrogens is 430 g/mol. The van der Waals surface area contributed by atoms with Gasteiger partial charge in [0.15, 0.2) is 11.6 Å². The van der Waals surface area contributed by atoms with Gasteiger partial charge in [-0.2, -0.15) is 0 Å². The Morgan fingerprint density at radius 1 is 1.12 bits per heavy atom. The predicted octanol–water partition coefficient (Wildman–Crippen LogP) is 3.80. The Kier molecular flexibility index (Phi) is 4.34. The predicted molar refractivity (Wildman–Crippen MR) is 95.7 cm³/mol. The number of rotatable bonds is 2. The summed E-state index contributed by atoms with van der Waals surface area (Å²) in [4.78, 5) is 4.37. The topological polar surface area (TPSA) is 63.3 Å². The van der Waals surface area contributed by atoms with E-state index in [9.17, 15) is 13.9 Å². The monoisotopic (exact) mass is 438 g/mol. The van der Waals surface area contributed by atoms with Gasteiger partial charge in [-0.25, -0.2) is 8.78 Å². The third-order valence-corrected chi connectivity index (χ3v) is 5.35. The molecule has 2 heterocycles. The quantitative estimate of drug-likeness (QED) is 0.660. The van der Waals surface area contributed by atoms with E-state index in [2.05, 4.69) is 31.1 Å². The zero-order chi connectivity index (χ0) is 18.4. The summed E-state index contributed by atoms with van der Waals surface area (Å²) < 4.78 is 31.0. The maximum absolute atomic E-state index is 14.4. The lowest BCUT2D eigenvalue weighted by Gasteiger charge is -2.16. The van der Waals surface area contributed by atoms with Crippen LogP contribution < -0.4 is 0 Å². The van der Waals surface area contributed by atoms with Gasteiger partial charge in [0.25, 0.3) is 0 Å². The molecule has 5 nitrogen and oxygen atoms in total. The highest BCUT2D eigenvalue weighted by Gasteiger charge is 2.28. The smallest absolute Gasteiger partial charge is 0.163 e. The summed E-state index contributed by atoms with van der Waals surface area (Å²) in [6.07, 6.45) is 0. The fraction of sp³-hybridized carbons (Fsp3) is 0.118. The van der Waals surface area contributed by atoms with Gasteiger partial charge in [-0.3, -0.25) is 9.56 Å². The largest absolute Gasteiger partial charge is 0.388 e. The van der Waals surface area contributed by atoms with Crippen LogP contribution in [0.1, 0.15) is 22.8 Å². The van der Waals surface area contributed by atoms with Crippen molar-refractivity contribution in [2.24, 2.45) is 4.99 Å². The van der Waals surface area contributed by atoms with E-state index >= 15 is 0 Å². The molecule has 1 aliphatic heterocycles. The highest BCUT2D eigenvalue weighted by atomic mass is 79.9. The van der Waals surface area contributed by atoms with E-state index in [1.54, 1.807) is 16.7 Å². The number of benzene rings is 2. The molecule has 0 amide bonds. The molecule has 0 atom stereocenters. The Balaban J connectivity index is 2.09. The summed E-state index contributed by atoms with van der Waals surface area (Å²) in [7, 11) is 0.